The van der Waals surface area contributed by atoms with E-state index in [9.17, 15) is 0 Å². The number of aliphatic hydroxyl groups is 4. The van der Waals surface area contributed by atoms with E-state index >= 15 is 0 Å². The first-order chi connectivity index (χ1) is 9.66. The summed E-state index contributed by atoms with van der Waals surface area (Å²) in [5.41, 5.74) is 0. The van der Waals surface area contributed by atoms with E-state index < -0.39 is 0 Å². The zero-order chi connectivity index (χ0) is 16.5. The second-order valence-corrected chi connectivity index (χ2v) is 4.31. The van der Waals surface area contributed by atoms with E-state index in [1.165, 1.54) is 0 Å². The molecule has 0 unspecified atom stereocenters. The number of hydrogen-bond acceptors (Lipinski definition) is 4. The Bertz CT molecular complexity index is 80.1. The van der Waals surface area contributed by atoms with Crippen molar-refractivity contribution in [2.75, 3.05) is 26.4 Å². The number of unbranched alkanes of at least 4 members (excludes halogenated alkanes) is 4. The molecule has 0 aromatic carbocycles. The fourth-order valence-corrected chi connectivity index (χ4v) is 0.632. The Morgan fingerprint density at radius 2 is 0.591 bits per heavy atom. The maximum atomic E-state index is 8.07. The van der Waals surface area contributed by atoms with Crippen molar-refractivity contribution in [2.24, 2.45) is 0 Å². The van der Waals surface area contributed by atoms with Gasteiger partial charge in [-0.05, 0) is 25.7 Å². The molecule has 0 saturated carbocycles. The summed E-state index contributed by atoms with van der Waals surface area (Å²) in [7, 11) is 0. The molecule has 0 spiro atoms. The smallest absolute Gasteiger partial charge is 0.0430 e. The maximum absolute atomic E-state index is 8.07. The fourth-order valence-electron chi connectivity index (χ4n) is 0.632. The Balaban J connectivity index is -0.0000000376. The summed E-state index contributed by atoms with van der Waals surface area (Å²) in [5, 5.41) is 32.3. The zero-order valence-electron chi connectivity index (χ0n) is 15.2. The van der Waals surface area contributed by atoms with E-state index in [1.807, 2.05) is 0 Å². The van der Waals surface area contributed by atoms with Gasteiger partial charge in [0.2, 0.25) is 0 Å². The summed E-state index contributed by atoms with van der Waals surface area (Å²) in [4.78, 5) is 0. The predicted octanol–water partition coefficient (Wildman–Crippen LogP) is 0.117. The minimum absolute atomic E-state index is 0. The third-order valence-electron chi connectivity index (χ3n) is 2.05. The van der Waals surface area contributed by atoms with Crippen LogP contribution in [0.2, 0.25) is 0 Å². The van der Waals surface area contributed by atoms with Gasteiger partial charge < -0.3 is 32.8 Å². The van der Waals surface area contributed by atoms with Crippen LogP contribution in [0, 0.1) is 0 Å². The van der Waals surface area contributed by atoms with Crippen molar-refractivity contribution in [3.8, 4) is 0 Å². The molecule has 0 aliphatic heterocycles. The molecular formula is C16H40ClO4Ti-. The summed E-state index contributed by atoms with van der Waals surface area (Å²) in [6.07, 6.45) is 8.15. The van der Waals surface area contributed by atoms with Gasteiger partial charge in [0.1, 0.15) is 0 Å². The van der Waals surface area contributed by atoms with Gasteiger partial charge in [0.05, 0.1) is 0 Å². The minimum atomic E-state index is 0. The first-order valence-corrected chi connectivity index (χ1v) is 8.09. The van der Waals surface area contributed by atoms with Gasteiger partial charge in [-0.2, -0.15) is 0 Å². The van der Waals surface area contributed by atoms with Crippen LogP contribution in [0.1, 0.15) is 79.1 Å². The molecule has 0 aromatic heterocycles. The monoisotopic (exact) mass is 379 g/mol. The van der Waals surface area contributed by atoms with Crippen molar-refractivity contribution in [1.82, 2.24) is 0 Å². The first-order valence-electron chi connectivity index (χ1n) is 8.09. The third kappa shape index (κ3) is 105. The molecule has 0 aromatic rings. The molecule has 140 valence electrons. The van der Waals surface area contributed by atoms with Crippen LogP contribution in [0.4, 0.5) is 0 Å². The number of aliphatic hydroxyl groups excluding tert-OH is 4. The van der Waals surface area contributed by atoms with Crippen molar-refractivity contribution in [2.45, 2.75) is 79.1 Å². The second-order valence-electron chi connectivity index (χ2n) is 4.31. The molecule has 0 aliphatic rings. The second kappa shape index (κ2) is 57.5. The topological polar surface area (TPSA) is 80.9 Å². The van der Waals surface area contributed by atoms with Gasteiger partial charge in [-0.25, -0.2) is 0 Å². The van der Waals surface area contributed by atoms with Crippen LogP contribution in [0.25, 0.3) is 0 Å². The Kier molecular flexibility index (Phi) is 100. The van der Waals surface area contributed by atoms with Crippen molar-refractivity contribution >= 4 is 0 Å². The zero-order valence-corrected chi connectivity index (χ0v) is 17.5. The van der Waals surface area contributed by atoms with Gasteiger partial charge in [0.15, 0.2) is 0 Å². The van der Waals surface area contributed by atoms with E-state index in [2.05, 4.69) is 27.7 Å². The van der Waals surface area contributed by atoms with Crippen LogP contribution in [-0.4, -0.2) is 46.9 Å². The van der Waals surface area contributed by atoms with Crippen molar-refractivity contribution in [3.63, 3.8) is 0 Å². The SMILES string of the molecule is CCCCO.CCCCO.CCCCO.CCCCO.[Cl-].[Ti]. The number of hydrogen-bond donors (Lipinski definition) is 4. The maximum Gasteiger partial charge on any atom is 0.0430 e. The van der Waals surface area contributed by atoms with Crippen molar-refractivity contribution in [3.05, 3.63) is 0 Å². The average molecular weight is 380 g/mol. The summed E-state index contributed by atoms with van der Waals surface area (Å²) in [6.45, 7) is 9.58. The van der Waals surface area contributed by atoms with Gasteiger partial charge in [-0.1, -0.05) is 53.4 Å². The summed E-state index contributed by atoms with van der Waals surface area (Å²) >= 11 is 0. The van der Waals surface area contributed by atoms with E-state index in [-0.39, 0.29) is 34.1 Å². The summed E-state index contributed by atoms with van der Waals surface area (Å²) in [6, 6.07) is 0. The standard InChI is InChI=1S/4C4H10O.ClH.Ti/c4*1-2-3-4-5;;/h4*5H,2-4H2,1H3;1H;/p-1. The Morgan fingerprint density at radius 1 is 0.455 bits per heavy atom. The average Bonchev–Trinajstić information content (AvgIpc) is 2.44. The molecule has 0 saturated heterocycles. The molecule has 0 rings (SSSR count). The van der Waals surface area contributed by atoms with Crippen LogP contribution in [0.15, 0.2) is 0 Å². The van der Waals surface area contributed by atoms with Crippen LogP contribution >= 0.6 is 0 Å². The number of rotatable bonds is 8. The van der Waals surface area contributed by atoms with Crippen LogP contribution in [0.3, 0.4) is 0 Å². The van der Waals surface area contributed by atoms with Crippen molar-refractivity contribution in [1.29, 1.82) is 0 Å². The summed E-state index contributed by atoms with van der Waals surface area (Å²) in [5.74, 6) is 0. The van der Waals surface area contributed by atoms with E-state index in [4.69, 9.17) is 20.4 Å². The molecule has 0 aliphatic carbocycles. The molecule has 0 bridgehead atoms. The Labute approximate surface area is 160 Å². The van der Waals surface area contributed by atoms with Gasteiger partial charge in [0, 0.05) is 48.1 Å². The molecule has 0 amide bonds. The van der Waals surface area contributed by atoms with Crippen LogP contribution < -0.4 is 12.4 Å². The molecule has 0 heterocycles. The van der Waals surface area contributed by atoms with E-state index in [0.717, 1.165) is 51.4 Å². The minimum Gasteiger partial charge on any atom is -1.00 e. The van der Waals surface area contributed by atoms with Gasteiger partial charge >= 0.3 is 0 Å². The molecule has 0 atom stereocenters. The predicted molar refractivity (Wildman–Crippen MR) is 88.0 cm³/mol. The van der Waals surface area contributed by atoms with Gasteiger partial charge in [-0.15, -0.1) is 0 Å². The van der Waals surface area contributed by atoms with Gasteiger partial charge in [-0.3, -0.25) is 0 Å². The number of halogens is 1. The molecule has 4 nitrogen and oxygen atoms in total. The normalized spacial score (nSPS) is 7.64. The van der Waals surface area contributed by atoms with E-state index in [1.54, 1.807) is 0 Å². The molecule has 4 N–H and O–H groups in total. The molecule has 0 fully saturated rings. The Morgan fingerprint density at radius 3 is 0.591 bits per heavy atom. The molecule has 22 heavy (non-hydrogen) atoms. The quantitative estimate of drug-likeness (QED) is 0.452. The third-order valence-corrected chi connectivity index (χ3v) is 2.05. The summed E-state index contributed by atoms with van der Waals surface area (Å²) < 4.78 is 0. The van der Waals surface area contributed by atoms with Crippen LogP contribution in [0.5, 0.6) is 0 Å². The first kappa shape index (κ1) is 38.4. The fraction of sp³-hybridized carbons (Fsp3) is 1.00. The van der Waals surface area contributed by atoms with Crippen LogP contribution in [-0.2, 0) is 21.7 Å². The molecule has 0 radical (unpaired) electrons. The molecule has 6 heteroatoms. The van der Waals surface area contributed by atoms with E-state index in [0.29, 0.717) is 26.4 Å². The Hall–Kier alpha value is 0.844. The van der Waals surface area contributed by atoms with Crippen molar-refractivity contribution < 1.29 is 54.6 Å². The molecular weight excluding hydrogens is 339 g/mol. The largest absolute Gasteiger partial charge is 1.00 e. The van der Waals surface area contributed by atoms with Gasteiger partial charge in [0.25, 0.3) is 0 Å².